The Morgan fingerprint density at radius 2 is 1.68 bits per heavy atom. The van der Waals surface area contributed by atoms with Crippen LogP contribution in [0.3, 0.4) is 0 Å². The van der Waals surface area contributed by atoms with E-state index in [2.05, 4.69) is 12.2 Å². The molecule has 0 bridgehead atoms. The second-order valence-corrected chi connectivity index (χ2v) is 17.6. The average Bonchev–Trinajstić information content (AvgIpc) is 3.09. The maximum atomic E-state index is 12.9. The fraction of sp³-hybridized carbons (Fsp3) is 0.773. The molecule has 0 aromatic rings. The number of hydrogen-bond donors (Lipinski definition) is 6. The third-order valence-electron chi connectivity index (χ3n) is 12.5. The monoisotopic (exact) mass is 746 g/mol. The molecule has 2 heterocycles. The van der Waals surface area contributed by atoms with Crippen LogP contribution in [-0.2, 0) is 14.3 Å². The van der Waals surface area contributed by atoms with Crippen molar-refractivity contribution in [1.29, 1.82) is 0 Å². The largest absolute Gasteiger partial charge is 0.393 e. The van der Waals surface area contributed by atoms with E-state index in [1.807, 2.05) is 86.6 Å². The first-order valence-corrected chi connectivity index (χ1v) is 20.2. The number of rotatable bonds is 19. The lowest BCUT2D eigenvalue weighted by Gasteiger charge is -2.56. The number of hydrogen-bond acceptors (Lipinski definition) is 8. The molecule has 2 rings (SSSR count). The van der Waals surface area contributed by atoms with Crippen molar-refractivity contribution in [3.05, 3.63) is 48.1 Å². The highest BCUT2D eigenvalue weighted by atomic mass is 16.5. The fourth-order valence-electron chi connectivity index (χ4n) is 8.16. The van der Waals surface area contributed by atoms with E-state index in [0.29, 0.717) is 32.1 Å². The molecule has 2 aliphatic rings. The molecule has 0 radical (unpaired) electrons. The van der Waals surface area contributed by atoms with Gasteiger partial charge in [-0.3, -0.25) is 4.79 Å². The molecule has 9 nitrogen and oxygen atoms in total. The van der Waals surface area contributed by atoms with Gasteiger partial charge in [-0.15, -0.1) is 0 Å². The van der Waals surface area contributed by atoms with Crippen LogP contribution in [0.15, 0.2) is 48.1 Å². The van der Waals surface area contributed by atoms with Crippen molar-refractivity contribution in [1.82, 2.24) is 5.32 Å². The molecule has 0 aromatic heterocycles. The molecule has 2 aliphatic heterocycles. The van der Waals surface area contributed by atoms with E-state index >= 15 is 0 Å². The summed E-state index contributed by atoms with van der Waals surface area (Å²) >= 11 is 0. The van der Waals surface area contributed by atoms with Gasteiger partial charge >= 0.3 is 0 Å². The highest BCUT2D eigenvalue weighted by Gasteiger charge is 2.57. The Morgan fingerprint density at radius 3 is 2.28 bits per heavy atom. The summed E-state index contributed by atoms with van der Waals surface area (Å²) in [5.74, 6) is -0.921. The van der Waals surface area contributed by atoms with Crippen LogP contribution >= 0.6 is 0 Å². The summed E-state index contributed by atoms with van der Waals surface area (Å²) in [4.78, 5) is 24.4. The molecular formula is C44H75NO8. The molecule has 6 N–H and O–H groups in total. The topological polar surface area (TPSA) is 157 Å². The van der Waals surface area contributed by atoms with E-state index in [9.17, 15) is 35.1 Å². The molecule has 1 amide bonds. The molecule has 0 saturated carbocycles. The third-order valence-corrected chi connectivity index (χ3v) is 12.5. The zero-order chi connectivity index (χ0) is 40.3. The van der Waals surface area contributed by atoms with Crippen LogP contribution in [0.1, 0.15) is 128 Å². The number of allylic oxidation sites excluding steroid dienone is 5. The molecule has 14 unspecified atom stereocenters. The van der Waals surface area contributed by atoms with Crippen molar-refractivity contribution in [3.8, 4) is 0 Å². The quantitative estimate of drug-likeness (QED) is 0.0788. The number of ether oxygens (including phenoxy) is 1. The van der Waals surface area contributed by atoms with Crippen LogP contribution in [0.25, 0.3) is 0 Å². The third kappa shape index (κ3) is 13.2. The lowest BCUT2D eigenvalue weighted by molar-refractivity contribution is -0.267. The van der Waals surface area contributed by atoms with Gasteiger partial charge in [-0.25, -0.2) is 0 Å². The first-order chi connectivity index (χ1) is 24.7. The average molecular weight is 746 g/mol. The van der Waals surface area contributed by atoms with Crippen LogP contribution in [0.5, 0.6) is 0 Å². The Bertz CT molecular complexity index is 1270. The minimum Gasteiger partial charge on any atom is -0.393 e. The number of carbonyl (C=O) groups excluding carboxylic acids is 2. The predicted molar refractivity (Wildman–Crippen MR) is 213 cm³/mol. The lowest BCUT2D eigenvalue weighted by atomic mass is 9.69. The zero-order valence-electron chi connectivity index (χ0n) is 34.7. The molecule has 9 heteroatoms. The van der Waals surface area contributed by atoms with Crippen molar-refractivity contribution in [2.24, 2.45) is 46.8 Å². The smallest absolute Gasteiger partial charge is 0.225 e. The predicted octanol–water partition coefficient (Wildman–Crippen LogP) is 6.82. The molecule has 14 atom stereocenters. The minimum atomic E-state index is -0.938. The van der Waals surface area contributed by atoms with Crippen LogP contribution in [0, 0.1) is 46.8 Å². The van der Waals surface area contributed by atoms with Gasteiger partial charge in [0.2, 0.25) is 5.91 Å². The van der Waals surface area contributed by atoms with E-state index in [1.54, 1.807) is 25.2 Å². The molecule has 304 valence electrons. The van der Waals surface area contributed by atoms with E-state index in [1.165, 1.54) is 0 Å². The van der Waals surface area contributed by atoms with Gasteiger partial charge in [-0.2, -0.15) is 0 Å². The molecule has 2 saturated heterocycles. The Kier molecular flexibility index (Phi) is 18.8. The number of ketones is 1. The number of piperidine rings is 1. The number of aliphatic hydroxyl groups is 5. The summed E-state index contributed by atoms with van der Waals surface area (Å²) in [5, 5.41) is 57.9. The fourth-order valence-corrected chi connectivity index (χ4v) is 8.16. The number of nitrogens with one attached hydrogen (secondary N) is 1. The Morgan fingerprint density at radius 1 is 1.02 bits per heavy atom. The molecule has 1 spiro atoms. The highest BCUT2D eigenvalue weighted by molar-refractivity contribution is 5.80. The van der Waals surface area contributed by atoms with Crippen LogP contribution in [-0.4, -0.2) is 79.6 Å². The van der Waals surface area contributed by atoms with E-state index in [-0.39, 0.29) is 58.7 Å². The summed E-state index contributed by atoms with van der Waals surface area (Å²) in [7, 11) is 0. The summed E-state index contributed by atoms with van der Waals surface area (Å²) < 4.78 is 6.66. The second-order valence-electron chi connectivity index (χ2n) is 17.6. The zero-order valence-corrected chi connectivity index (χ0v) is 34.7. The van der Waals surface area contributed by atoms with E-state index < -0.39 is 42.2 Å². The molecule has 53 heavy (non-hydrogen) atoms. The van der Waals surface area contributed by atoms with Gasteiger partial charge in [-0.05, 0) is 75.2 Å². The Hall–Kier alpha value is -2.14. The highest BCUT2D eigenvalue weighted by Crippen LogP contribution is 2.46. The van der Waals surface area contributed by atoms with Crippen molar-refractivity contribution in [2.75, 3.05) is 0 Å². The first kappa shape index (κ1) is 47.0. The Balaban J connectivity index is 1.84. The summed E-state index contributed by atoms with van der Waals surface area (Å²) in [6.45, 7) is 21.4. The first-order valence-electron chi connectivity index (χ1n) is 20.2. The van der Waals surface area contributed by atoms with Crippen LogP contribution in [0.4, 0.5) is 0 Å². The van der Waals surface area contributed by atoms with E-state index in [4.69, 9.17) is 4.74 Å². The Labute approximate surface area is 321 Å². The SMILES string of the molecule is CCC1CC(C)C2(NC1=O)OC(CC(O)C(C)CC/C=C/C=C(\C)C(O)C/C=C/C=C/C(O)C(C)C(O)C(CCC(C)=O)C(C)(C)C)C(C)C(O)C2C. The molecule has 2 fully saturated rings. The minimum absolute atomic E-state index is 0.00369. The summed E-state index contributed by atoms with van der Waals surface area (Å²) in [5.41, 5.74) is -0.331. The summed E-state index contributed by atoms with van der Waals surface area (Å²) in [6, 6.07) is 0. The van der Waals surface area contributed by atoms with Gasteiger partial charge in [0.05, 0.1) is 36.6 Å². The van der Waals surface area contributed by atoms with Crippen molar-refractivity contribution in [2.45, 2.75) is 170 Å². The molecule has 0 aromatic carbocycles. The molecular weight excluding hydrogens is 670 g/mol. The standard InChI is InChI=1S/C44H75NO8/c1-12-34-25-29(4)44(45-42(34)52)33(8)40(50)32(7)39(53-44)26-38(49)28(3)20-16-13-15-19-27(2)36(47)21-17-14-18-22-37(48)31(6)41(51)35(43(9,10)11)24-23-30(5)46/h13-15,17-19,22,28-29,31-41,47-51H,12,16,20-21,23-26H2,1-11H3,(H,45,52)/b15-13+,17-14+,22-18+,27-19+. The number of amides is 1. The number of Topliss-reactive ketones (excluding diaryl/α,β-unsaturated/α-hetero) is 1. The van der Waals surface area contributed by atoms with Gasteiger partial charge in [0.25, 0.3) is 0 Å². The van der Waals surface area contributed by atoms with Crippen LogP contribution in [0.2, 0.25) is 0 Å². The lowest BCUT2D eigenvalue weighted by Crippen LogP contribution is -2.71. The summed E-state index contributed by atoms with van der Waals surface area (Å²) in [6.07, 6.45) is 13.7. The van der Waals surface area contributed by atoms with Gasteiger partial charge in [0.1, 0.15) is 11.5 Å². The maximum Gasteiger partial charge on any atom is 0.225 e. The van der Waals surface area contributed by atoms with Gasteiger partial charge < -0.3 is 40.4 Å². The maximum absolute atomic E-state index is 12.9. The second kappa shape index (κ2) is 21.2. The molecule has 0 aliphatic carbocycles. The van der Waals surface area contributed by atoms with Crippen molar-refractivity contribution >= 4 is 11.7 Å². The van der Waals surface area contributed by atoms with Crippen molar-refractivity contribution < 1.29 is 39.9 Å². The number of aliphatic hydroxyl groups excluding tert-OH is 5. The normalized spacial score (nSPS) is 31.5. The van der Waals surface area contributed by atoms with Crippen LogP contribution < -0.4 is 5.32 Å². The van der Waals surface area contributed by atoms with Gasteiger partial charge in [-0.1, -0.05) is 105 Å². The van der Waals surface area contributed by atoms with Gasteiger partial charge in [0, 0.05) is 42.4 Å². The number of carbonyl (C=O) groups is 2. The van der Waals surface area contributed by atoms with Crippen molar-refractivity contribution in [3.63, 3.8) is 0 Å². The van der Waals surface area contributed by atoms with E-state index in [0.717, 1.165) is 24.8 Å². The van der Waals surface area contributed by atoms with Gasteiger partial charge in [0.15, 0.2) is 0 Å².